The molecule has 5 N–H and O–H groups in total. The first-order chi connectivity index (χ1) is 17.9. The van der Waals surface area contributed by atoms with Crippen molar-refractivity contribution in [1.82, 2.24) is 36.4 Å². The summed E-state index contributed by atoms with van der Waals surface area (Å²) < 4.78 is 5.81. The van der Waals surface area contributed by atoms with Gasteiger partial charge in [0, 0.05) is 69.9 Å². The normalized spacial score (nSPS) is 44.7. The van der Waals surface area contributed by atoms with Crippen LogP contribution in [0.3, 0.4) is 0 Å². The Hall–Kier alpha value is -0.660. The van der Waals surface area contributed by atoms with E-state index in [0.29, 0.717) is 30.4 Å². The molecule has 6 fully saturated rings. The Labute approximate surface area is 229 Å². The van der Waals surface area contributed by atoms with Crippen LogP contribution < -0.4 is 26.6 Å². The topological polar surface area (TPSA) is 110 Å². The van der Waals surface area contributed by atoms with Gasteiger partial charge in [0.1, 0.15) is 11.5 Å². The van der Waals surface area contributed by atoms with Crippen LogP contribution in [0.25, 0.3) is 0 Å². The van der Waals surface area contributed by atoms with Crippen molar-refractivity contribution in [3.05, 3.63) is 0 Å². The van der Waals surface area contributed by atoms with Crippen LogP contribution in [0, 0.1) is 17.8 Å². The van der Waals surface area contributed by atoms with E-state index in [1.54, 1.807) is 18.9 Å². The highest BCUT2D eigenvalue weighted by molar-refractivity contribution is 8.00. The van der Waals surface area contributed by atoms with E-state index >= 15 is 0 Å². The number of hydrogen-bond donors (Lipinski definition) is 5. The number of amides is 2. The number of methoxy groups -OCH3 is 1. The first kappa shape index (κ1) is 26.6. The predicted molar refractivity (Wildman–Crippen MR) is 144 cm³/mol. The third kappa shape index (κ3) is 5.52. The molecule has 0 bridgehead atoms. The summed E-state index contributed by atoms with van der Waals surface area (Å²) in [7, 11) is 1.76. The van der Waals surface area contributed by atoms with Gasteiger partial charge in [0.2, 0.25) is 11.8 Å². The number of carbonyl (C=O) groups is 2. The number of nitrogens with zero attached hydrogens (tertiary/aromatic N) is 2. The molecule has 208 valence electrons. The molecule has 6 aliphatic rings. The van der Waals surface area contributed by atoms with E-state index in [2.05, 4.69) is 38.4 Å². The third-order valence-corrected chi connectivity index (χ3v) is 11.1. The molecule has 1 saturated carbocycles. The molecule has 0 radical (unpaired) electrons. The van der Waals surface area contributed by atoms with Crippen molar-refractivity contribution >= 4 is 35.2 Å². The standard InChI is InChI=1S/C25H42ClN7O3S/c1-13-5-15(16-6-22(26)29-9-20(16)36-2)17(7-28-13)23(34)31-25-30-18-10-32(11-21(18)37-25)24(35)19-8-27-12-33(19)14-3-4-14/h13-22,25,27-30H,3-12H2,1-2H3,(H,31,34). The Morgan fingerprint density at radius 2 is 1.92 bits per heavy atom. The van der Waals surface area contributed by atoms with Crippen LogP contribution in [-0.2, 0) is 14.3 Å². The monoisotopic (exact) mass is 555 g/mol. The van der Waals surface area contributed by atoms with Crippen molar-refractivity contribution in [1.29, 1.82) is 0 Å². The van der Waals surface area contributed by atoms with E-state index in [0.717, 1.165) is 39.1 Å². The zero-order valence-corrected chi connectivity index (χ0v) is 23.4. The maximum Gasteiger partial charge on any atom is 0.241 e. The minimum atomic E-state index is -0.122. The first-order valence-corrected chi connectivity index (χ1v) is 15.4. The number of hydrogen-bond acceptors (Lipinski definition) is 9. The number of likely N-dealkylation sites (tertiary alicyclic amines) is 1. The minimum absolute atomic E-state index is 0.0246. The van der Waals surface area contributed by atoms with Crippen molar-refractivity contribution in [3.8, 4) is 0 Å². The van der Waals surface area contributed by atoms with Crippen LogP contribution in [0.2, 0.25) is 0 Å². The number of fused-ring (bicyclic) bond motifs is 1. The summed E-state index contributed by atoms with van der Waals surface area (Å²) in [6.07, 6.45) is 4.23. The molecular weight excluding hydrogens is 514 g/mol. The SMILES string of the molecule is COC1CNC(Cl)CC1C1CC(C)NCC1C(=O)NC1NC2CN(C(=O)C3CNCN3C3CC3)CC2S1. The second kappa shape index (κ2) is 11.1. The number of rotatable bonds is 6. The molecule has 0 aromatic carbocycles. The molecule has 5 heterocycles. The van der Waals surface area contributed by atoms with Gasteiger partial charge in [-0.05, 0) is 44.4 Å². The molecule has 5 saturated heterocycles. The van der Waals surface area contributed by atoms with Crippen LogP contribution in [0.5, 0.6) is 0 Å². The lowest BCUT2D eigenvalue weighted by Crippen LogP contribution is -2.57. The van der Waals surface area contributed by atoms with Gasteiger partial charge in [0.25, 0.3) is 0 Å². The van der Waals surface area contributed by atoms with E-state index in [9.17, 15) is 9.59 Å². The van der Waals surface area contributed by atoms with E-state index < -0.39 is 0 Å². The van der Waals surface area contributed by atoms with Gasteiger partial charge in [-0.25, -0.2) is 0 Å². The van der Waals surface area contributed by atoms with Crippen molar-refractivity contribution in [3.63, 3.8) is 0 Å². The van der Waals surface area contributed by atoms with Crippen LogP contribution in [0.4, 0.5) is 0 Å². The van der Waals surface area contributed by atoms with Crippen LogP contribution in [0.15, 0.2) is 0 Å². The number of ether oxygens (including phenoxy) is 1. The molecule has 5 aliphatic heterocycles. The van der Waals surface area contributed by atoms with Crippen molar-refractivity contribution in [2.45, 2.75) is 79.1 Å². The highest BCUT2D eigenvalue weighted by atomic mass is 35.5. The molecule has 10 unspecified atom stereocenters. The lowest BCUT2D eigenvalue weighted by molar-refractivity contribution is -0.135. The molecular formula is C25H42ClN7O3S. The fourth-order valence-electron chi connectivity index (χ4n) is 7.23. The second-order valence-corrected chi connectivity index (χ2v) is 13.7. The smallest absolute Gasteiger partial charge is 0.241 e. The maximum atomic E-state index is 13.6. The number of nitrogens with one attached hydrogen (secondary N) is 5. The summed E-state index contributed by atoms with van der Waals surface area (Å²) in [5.74, 6) is 0.700. The largest absolute Gasteiger partial charge is 0.380 e. The molecule has 6 rings (SSSR count). The van der Waals surface area contributed by atoms with Gasteiger partial charge in [-0.3, -0.25) is 25.1 Å². The van der Waals surface area contributed by atoms with Gasteiger partial charge >= 0.3 is 0 Å². The van der Waals surface area contributed by atoms with Crippen molar-refractivity contribution < 1.29 is 14.3 Å². The van der Waals surface area contributed by atoms with Crippen molar-refractivity contribution in [2.75, 3.05) is 46.5 Å². The molecule has 12 heteroatoms. The fraction of sp³-hybridized carbons (Fsp3) is 0.920. The molecule has 10 nitrogen and oxygen atoms in total. The van der Waals surface area contributed by atoms with Crippen LogP contribution in [0.1, 0.15) is 32.6 Å². The predicted octanol–water partition coefficient (Wildman–Crippen LogP) is -0.501. The molecule has 10 atom stereocenters. The Balaban J connectivity index is 1.04. The van der Waals surface area contributed by atoms with E-state index in [-0.39, 0.29) is 58.8 Å². The Morgan fingerprint density at radius 3 is 2.68 bits per heavy atom. The van der Waals surface area contributed by atoms with Gasteiger partial charge in [-0.15, -0.1) is 23.4 Å². The van der Waals surface area contributed by atoms with Gasteiger partial charge in [0.05, 0.1) is 17.5 Å². The number of halogens is 1. The lowest BCUT2D eigenvalue weighted by Gasteiger charge is -2.45. The summed E-state index contributed by atoms with van der Waals surface area (Å²) >= 11 is 8.24. The van der Waals surface area contributed by atoms with Gasteiger partial charge < -0.3 is 25.6 Å². The molecule has 0 aromatic rings. The highest BCUT2D eigenvalue weighted by Gasteiger charge is 2.49. The molecule has 37 heavy (non-hydrogen) atoms. The van der Waals surface area contributed by atoms with E-state index in [4.69, 9.17) is 16.3 Å². The number of piperidine rings is 2. The second-order valence-electron chi connectivity index (χ2n) is 11.8. The first-order valence-electron chi connectivity index (χ1n) is 14.0. The summed E-state index contributed by atoms with van der Waals surface area (Å²) in [6.45, 7) is 6.62. The zero-order valence-electron chi connectivity index (χ0n) is 21.8. The van der Waals surface area contributed by atoms with Gasteiger partial charge in [0.15, 0.2) is 0 Å². The summed E-state index contributed by atoms with van der Waals surface area (Å²) in [4.78, 5) is 31.3. The summed E-state index contributed by atoms with van der Waals surface area (Å²) in [5, 5.41) is 17.4. The summed E-state index contributed by atoms with van der Waals surface area (Å²) in [5.41, 5.74) is -0.207. The maximum absolute atomic E-state index is 13.6. The van der Waals surface area contributed by atoms with Gasteiger partial charge in [-0.1, -0.05) is 0 Å². The quantitative estimate of drug-likeness (QED) is 0.219. The van der Waals surface area contributed by atoms with E-state index in [1.165, 1.54) is 12.8 Å². The summed E-state index contributed by atoms with van der Waals surface area (Å²) in [6, 6.07) is 1.13. The Morgan fingerprint density at radius 1 is 1.08 bits per heavy atom. The highest BCUT2D eigenvalue weighted by Crippen LogP contribution is 2.39. The van der Waals surface area contributed by atoms with E-state index in [1.807, 2.05) is 4.90 Å². The third-order valence-electron chi connectivity index (χ3n) is 9.38. The molecule has 0 aromatic heterocycles. The number of alkyl halides is 1. The van der Waals surface area contributed by atoms with Crippen LogP contribution >= 0.6 is 23.4 Å². The molecule has 2 amide bonds. The van der Waals surface area contributed by atoms with Crippen LogP contribution in [-0.4, -0.2) is 115 Å². The minimum Gasteiger partial charge on any atom is -0.380 e. The average molecular weight is 556 g/mol. The van der Waals surface area contributed by atoms with Gasteiger partial charge in [-0.2, -0.15) is 0 Å². The van der Waals surface area contributed by atoms with Crippen molar-refractivity contribution in [2.24, 2.45) is 17.8 Å². The Bertz CT molecular complexity index is 854. The Kier molecular flexibility index (Phi) is 7.95. The number of thioether (sulfide) groups is 1. The fourth-order valence-corrected chi connectivity index (χ4v) is 8.94. The number of carbonyl (C=O) groups excluding carboxylic acids is 2. The molecule has 1 aliphatic carbocycles. The molecule has 0 spiro atoms. The zero-order chi connectivity index (χ0) is 25.7. The lowest BCUT2D eigenvalue weighted by atomic mass is 9.70. The average Bonchev–Trinajstić information content (AvgIpc) is 3.29.